The number of halogens is 1. The molecule has 0 saturated carbocycles. The summed E-state index contributed by atoms with van der Waals surface area (Å²) in [5.41, 5.74) is 2.55. The molecule has 4 aromatic rings. The van der Waals surface area contributed by atoms with Crippen LogP contribution < -0.4 is 5.32 Å². The Morgan fingerprint density at radius 1 is 1.18 bits per heavy atom. The highest BCUT2D eigenvalue weighted by Gasteiger charge is 2.20. The molecule has 0 aliphatic heterocycles. The van der Waals surface area contributed by atoms with E-state index < -0.39 is 0 Å². The summed E-state index contributed by atoms with van der Waals surface area (Å²) in [5, 5.41) is 7.55. The average Bonchev–Trinajstić information content (AvgIpc) is 3.32. The quantitative estimate of drug-likeness (QED) is 0.561. The van der Waals surface area contributed by atoms with Crippen molar-refractivity contribution in [3.8, 4) is 5.82 Å². The van der Waals surface area contributed by atoms with E-state index in [0.29, 0.717) is 34.5 Å². The van der Waals surface area contributed by atoms with Crippen molar-refractivity contribution >= 4 is 23.2 Å². The largest absolute Gasteiger partial charge is 0.320 e. The van der Waals surface area contributed by atoms with Crippen molar-refractivity contribution in [3.63, 3.8) is 0 Å². The lowest BCUT2D eigenvalue weighted by atomic mass is 10.2. The zero-order valence-corrected chi connectivity index (χ0v) is 15.8. The molecule has 0 bridgehead atoms. The number of carbonyl (C=O) groups is 1. The number of hydrogen-bond donors (Lipinski definition) is 1. The number of imidazole rings is 1. The van der Waals surface area contributed by atoms with Gasteiger partial charge in [0.2, 0.25) is 0 Å². The van der Waals surface area contributed by atoms with Crippen molar-refractivity contribution in [2.24, 2.45) is 0 Å². The fourth-order valence-corrected chi connectivity index (χ4v) is 3.19. The van der Waals surface area contributed by atoms with Gasteiger partial charge in [0.25, 0.3) is 5.91 Å². The number of amides is 1. The lowest BCUT2D eigenvalue weighted by Crippen LogP contribution is -2.13. The molecule has 28 heavy (non-hydrogen) atoms. The molecule has 1 N–H and O–H groups in total. The average molecular weight is 393 g/mol. The monoisotopic (exact) mass is 392 g/mol. The molecule has 0 aliphatic rings. The van der Waals surface area contributed by atoms with Gasteiger partial charge in [0, 0.05) is 12.4 Å². The molecule has 1 amide bonds. The maximum atomic E-state index is 12.7. The van der Waals surface area contributed by atoms with Crippen LogP contribution in [0.25, 0.3) is 5.82 Å². The summed E-state index contributed by atoms with van der Waals surface area (Å²) >= 11 is 6.45. The predicted octanol–water partition coefficient (Wildman–Crippen LogP) is 3.73. The summed E-state index contributed by atoms with van der Waals surface area (Å²) in [6, 6.07) is 13.4. The number of rotatable bonds is 5. The van der Waals surface area contributed by atoms with E-state index in [1.165, 1.54) is 0 Å². The third-order valence-corrected chi connectivity index (χ3v) is 4.63. The van der Waals surface area contributed by atoms with E-state index in [2.05, 4.69) is 20.4 Å². The van der Waals surface area contributed by atoms with Crippen molar-refractivity contribution in [2.45, 2.75) is 13.5 Å². The number of hydrogen-bond acceptors (Lipinski definition) is 4. The van der Waals surface area contributed by atoms with Crippen molar-refractivity contribution in [2.75, 3.05) is 5.32 Å². The van der Waals surface area contributed by atoms with E-state index in [-0.39, 0.29) is 5.91 Å². The van der Waals surface area contributed by atoms with Crippen molar-refractivity contribution in [1.82, 2.24) is 24.3 Å². The number of nitrogens with one attached hydrogen (secondary N) is 1. The predicted molar refractivity (Wildman–Crippen MR) is 107 cm³/mol. The Kier molecular flexibility index (Phi) is 4.90. The van der Waals surface area contributed by atoms with E-state index in [1.807, 2.05) is 30.3 Å². The fourth-order valence-electron chi connectivity index (χ4n) is 2.87. The van der Waals surface area contributed by atoms with Crippen LogP contribution >= 0.6 is 11.6 Å². The number of aryl methyl sites for hydroxylation is 1. The van der Waals surface area contributed by atoms with Crippen LogP contribution in [0.2, 0.25) is 5.15 Å². The Morgan fingerprint density at radius 2 is 2.00 bits per heavy atom. The van der Waals surface area contributed by atoms with Gasteiger partial charge in [-0.3, -0.25) is 9.36 Å². The Hall–Kier alpha value is -3.45. The molecule has 0 unspecified atom stereocenters. The van der Waals surface area contributed by atoms with Crippen molar-refractivity contribution < 1.29 is 4.79 Å². The third kappa shape index (κ3) is 3.65. The van der Waals surface area contributed by atoms with Gasteiger partial charge in [0.05, 0.1) is 29.7 Å². The standard InChI is InChI=1S/C20H17ClN6O/c1-14-18(19(21)27(25-14)12-15-5-3-2-4-6-15)20(28)24-16-7-8-17(23-11-16)26-10-9-22-13-26/h2-11,13H,12H2,1H3,(H,24,28). The molecule has 3 heterocycles. The van der Waals surface area contributed by atoms with Crippen molar-refractivity contribution in [3.05, 3.63) is 89.4 Å². The lowest BCUT2D eigenvalue weighted by Gasteiger charge is -2.07. The minimum absolute atomic E-state index is 0.307. The summed E-state index contributed by atoms with van der Waals surface area (Å²) < 4.78 is 3.40. The second kappa shape index (κ2) is 7.66. The first-order valence-corrected chi connectivity index (χ1v) is 9.02. The summed E-state index contributed by atoms with van der Waals surface area (Å²) in [6.45, 7) is 2.26. The van der Waals surface area contributed by atoms with Gasteiger partial charge in [-0.05, 0) is 24.6 Å². The number of carbonyl (C=O) groups excluding carboxylic acids is 1. The van der Waals surface area contributed by atoms with Crippen LogP contribution in [0.1, 0.15) is 21.6 Å². The number of benzene rings is 1. The highest BCUT2D eigenvalue weighted by molar-refractivity contribution is 6.33. The molecule has 0 aliphatic carbocycles. The summed E-state index contributed by atoms with van der Waals surface area (Å²) in [6.07, 6.45) is 6.72. The zero-order valence-electron chi connectivity index (χ0n) is 15.1. The third-order valence-electron chi connectivity index (χ3n) is 4.24. The first-order valence-electron chi connectivity index (χ1n) is 8.64. The van der Waals surface area contributed by atoms with Gasteiger partial charge in [-0.2, -0.15) is 5.10 Å². The second-order valence-corrected chi connectivity index (χ2v) is 6.58. The minimum Gasteiger partial charge on any atom is -0.320 e. The van der Waals surface area contributed by atoms with Gasteiger partial charge in [-0.1, -0.05) is 41.9 Å². The number of aromatic nitrogens is 5. The van der Waals surface area contributed by atoms with E-state index in [1.54, 1.807) is 53.2 Å². The topological polar surface area (TPSA) is 77.6 Å². The SMILES string of the molecule is Cc1nn(Cc2ccccc2)c(Cl)c1C(=O)Nc1ccc(-n2ccnc2)nc1. The van der Waals surface area contributed by atoms with E-state index in [0.717, 1.165) is 5.56 Å². The molecule has 8 heteroatoms. The Bertz CT molecular complexity index is 1090. The number of pyridine rings is 1. The Morgan fingerprint density at radius 3 is 2.68 bits per heavy atom. The van der Waals surface area contributed by atoms with E-state index >= 15 is 0 Å². The van der Waals surface area contributed by atoms with Crippen LogP contribution in [0.4, 0.5) is 5.69 Å². The van der Waals surface area contributed by atoms with Gasteiger partial charge < -0.3 is 5.32 Å². The van der Waals surface area contributed by atoms with Crippen LogP contribution in [-0.4, -0.2) is 30.2 Å². The lowest BCUT2D eigenvalue weighted by molar-refractivity contribution is 0.102. The molecule has 0 atom stereocenters. The highest BCUT2D eigenvalue weighted by atomic mass is 35.5. The zero-order chi connectivity index (χ0) is 19.5. The van der Waals surface area contributed by atoms with Crippen LogP contribution in [0.5, 0.6) is 0 Å². The van der Waals surface area contributed by atoms with E-state index in [9.17, 15) is 4.79 Å². The van der Waals surface area contributed by atoms with Gasteiger partial charge in [0.1, 0.15) is 17.3 Å². The molecule has 4 rings (SSSR count). The van der Waals surface area contributed by atoms with Crippen LogP contribution in [0.3, 0.4) is 0 Å². The molecule has 0 fully saturated rings. The normalized spacial score (nSPS) is 10.8. The summed E-state index contributed by atoms with van der Waals surface area (Å²) in [4.78, 5) is 21.1. The molecule has 0 spiro atoms. The summed E-state index contributed by atoms with van der Waals surface area (Å²) in [7, 11) is 0. The molecular formula is C20H17ClN6O. The van der Waals surface area contributed by atoms with Crippen LogP contribution in [0.15, 0.2) is 67.4 Å². The Labute approximate surface area is 166 Å². The first kappa shape index (κ1) is 17.9. The Balaban J connectivity index is 1.52. The van der Waals surface area contributed by atoms with Gasteiger partial charge in [-0.15, -0.1) is 0 Å². The highest BCUT2D eigenvalue weighted by Crippen LogP contribution is 2.22. The van der Waals surface area contributed by atoms with E-state index in [4.69, 9.17) is 11.6 Å². The van der Waals surface area contributed by atoms with Gasteiger partial charge in [-0.25, -0.2) is 14.6 Å². The summed E-state index contributed by atoms with van der Waals surface area (Å²) in [5.74, 6) is 0.388. The molecule has 140 valence electrons. The van der Waals surface area contributed by atoms with Crippen LogP contribution in [-0.2, 0) is 6.54 Å². The smallest absolute Gasteiger partial charge is 0.260 e. The minimum atomic E-state index is -0.320. The van der Waals surface area contributed by atoms with Crippen LogP contribution in [0, 0.1) is 6.92 Å². The molecule has 0 radical (unpaired) electrons. The maximum absolute atomic E-state index is 12.7. The molecule has 0 saturated heterocycles. The number of nitrogens with zero attached hydrogens (tertiary/aromatic N) is 5. The maximum Gasteiger partial charge on any atom is 0.260 e. The van der Waals surface area contributed by atoms with Gasteiger partial charge in [0.15, 0.2) is 0 Å². The molecule has 3 aromatic heterocycles. The molecule has 7 nitrogen and oxygen atoms in total. The fraction of sp³-hybridized carbons (Fsp3) is 0.100. The molecule has 1 aromatic carbocycles. The number of anilines is 1. The molecular weight excluding hydrogens is 376 g/mol. The first-order chi connectivity index (χ1) is 13.6. The second-order valence-electron chi connectivity index (χ2n) is 6.22. The van der Waals surface area contributed by atoms with Crippen molar-refractivity contribution in [1.29, 1.82) is 0 Å². The van der Waals surface area contributed by atoms with Gasteiger partial charge >= 0.3 is 0 Å².